The molecule has 0 unspecified atom stereocenters. The van der Waals surface area contributed by atoms with Gasteiger partial charge >= 0.3 is 0 Å². The van der Waals surface area contributed by atoms with Crippen molar-refractivity contribution in [1.82, 2.24) is 15.5 Å². The zero-order valence-corrected chi connectivity index (χ0v) is 16.0. The van der Waals surface area contributed by atoms with Crippen LogP contribution in [0.25, 0.3) is 0 Å². The molecule has 1 N–H and O–H groups in total. The Morgan fingerprint density at radius 3 is 2.69 bits per heavy atom. The number of amides is 1. The minimum Gasteiger partial charge on any atom is -0.485 e. The number of rotatable bonds is 6. The number of carbonyl (C=O) groups is 1. The second-order valence-electron chi connectivity index (χ2n) is 5.73. The second-order valence-corrected chi connectivity index (χ2v) is 6.59. The van der Waals surface area contributed by atoms with Crippen LogP contribution in [-0.4, -0.2) is 16.0 Å². The molecule has 2 aromatic carbocycles. The van der Waals surface area contributed by atoms with Gasteiger partial charge < -0.3 is 14.6 Å². The van der Waals surface area contributed by atoms with Gasteiger partial charge in [-0.2, -0.15) is 4.98 Å². The number of halogens is 1. The van der Waals surface area contributed by atoms with Gasteiger partial charge in [0.25, 0.3) is 5.91 Å². The second kappa shape index (κ2) is 8.14. The van der Waals surface area contributed by atoms with E-state index in [2.05, 4.69) is 31.4 Å². The van der Waals surface area contributed by atoms with Crippen molar-refractivity contribution in [3.05, 3.63) is 75.8 Å². The topological polar surface area (TPSA) is 77.2 Å². The van der Waals surface area contributed by atoms with Crippen molar-refractivity contribution in [2.45, 2.75) is 26.5 Å². The molecule has 0 spiro atoms. The lowest BCUT2D eigenvalue weighted by Gasteiger charge is -2.17. The van der Waals surface area contributed by atoms with Gasteiger partial charge in [-0.05, 0) is 30.7 Å². The number of nitrogens with one attached hydrogen (secondary N) is 1. The van der Waals surface area contributed by atoms with Gasteiger partial charge in [-0.15, -0.1) is 0 Å². The standard InChI is InChI=1S/C19H18BrN3O3/c1-12(14-7-3-5-9-16(14)20)21-19(24)15-8-4-6-10-17(15)25-11-18-22-13(2)26-23-18/h3-10,12H,11H2,1-2H3,(H,21,24)/t12-/m1/s1. The maximum absolute atomic E-state index is 12.7. The molecule has 0 aliphatic rings. The van der Waals surface area contributed by atoms with Crippen molar-refractivity contribution < 1.29 is 14.1 Å². The van der Waals surface area contributed by atoms with E-state index >= 15 is 0 Å². The molecular formula is C19H18BrN3O3. The number of carbonyl (C=O) groups excluding carboxylic acids is 1. The molecule has 0 bridgehead atoms. The molecule has 3 rings (SSSR count). The van der Waals surface area contributed by atoms with Crippen LogP contribution in [0.4, 0.5) is 0 Å². The lowest BCUT2D eigenvalue weighted by molar-refractivity contribution is 0.0935. The first-order chi connectivity index (χ1) is 12.5. The summed E-state index contributed by atoms with van der Waals surface area (Å²) in [5.41, 5.74) is 1.45. The van der Waals surface area contributed by atoms with Gasteiger partial charge in [-0.25, -0.2) is 0 Å². The predicted molar refractivity (Wildman–Crippen MR) is 99.8 cm³/mol. The Labute approximate surface area is 159 Å². The fourth-order valence-corrected chi connectivity index (χ4v) is 3.13. The van der Waals surface area contributed by atoms with E-state index in [9.17, 15) is 4.79 Å². The fraction of sp³-hybridized carbons (Fsp3) is 0.211. The van der Waals surface area contributed by atoms with Crippen molar-refractivity contribution in [3.8, 4) is 5.75 Å². The van der Waals surface area contributed by atoms with Gasteiger partial charge in [0.05, 0.1) is 11.6 Å². The van der Waals surface area contributed by atoms with E-state index in [0.717, 1.165) is 10.0 Å². The highest BCUT2D eigenvalue weighted by Crippen LogP contribution is 2.24. The number of aryl methyl sites for hydroxylation is 1. The molecule has 0 radical (unpaired) electrons. The summed E-state index contributed by atoms with van der Waals surface area (Å²) in [6.45, 7) is 3.77. The highest BCUT2D eigenvalue weighted by molar-refractivity contribution is 9.10. The highest BCUT2D eigenvalue weighted by atomic mass is 79.9. The van der Waals surface area contributed by atoms with Crippen LogP contribution in [0.1, 0.15) is 40.6 Å². The van der Waals surface area contributed by atoms with E-state index in [0.29, 0.717) is 23.0 Å². The number of para-hydroxylation sites is 1. The smallest absolute Gasteiger partial charge is 0.255 e. The number of hydrogen-bond acceptors (Lipinski definition) is 5. The average molecular weight is 416 g/mol. The first-order valence-electron chi connectivity index (χ1n) is 8.11. The number of aromatic nitrogens is 2. The maximum atomic E-state index is 12.7. The van der Waals surface area contributed by atoms with E-state index in [1.54, 1.807) is 25.1 Å². The van der Waals surface area contributed by atoms with Gasteiger partial charge in [0, 0.05) is 11.4 Å². The van der Waals surface area contributed by atoms with E-state index in [1.165, 1.54) is 0 Å². The third kappa shape index (κ3) is 4.29. The van der Waals surface area contributed by atoms with E-state index < -0.39 is 0 Å². The highest BCUT2D eigenvalue weighted by Gasteiger charge is 2.17. The van der Waals surface area contributed by atoms with Gasteiger partial charge in [0.2, 0.25) is 11.7 Å². The minimum atomic E-state index is -0.215. The van der Waals surface area contributed by atoms with Crippen LogP contribution in [0.2, 0.25) is 0 Å². The zero-order valence-electron chi connectivity index (χ0n) is 14.4. The normalized spacial score (nSPS) is 11.8. The molecule has 6 nitrogen and oxygen atoms in total. The van der Waals surface area contributed by atoms with Gasteiger partial charge in [0.1, 0.15) is 5.75 Å². The molecular weight excluding hydrogens is 398 g/mol. The van der Waals surface area contributed by atoms with Crippen LogP contribution in [0.3, 0.4) is 0 Å². The third-order valence-corrected chi connectivity index (χ3v) is 4.50. The Hall–Kier alpha value is -2.67. The number of benzene rings is 2. The molecule has 134 valence electrons. The van der Waals surface area contributed by atoms with Crippen LogP contribution in [0, 0.1) is 6.92 Å². The molecule has 1 heterocycles. The predicted octanol–water partition coefficient (Wildman–Crippen LogP) is 4.21. The summed E-state index contributed by atoms with van der Waals surface area (Å²) >= 11 is 3.51. The Kier molecular flexibility index (Phi) is 5.68. The van der Waals surface area contributed by atoms with Gasteiger partial charge in [-0.1, -0.05) is 51.4 Å². The van der Waals surface area contributed by atoms with Crippen molar-refractivity contribution in [2.75, 3.05) is 0 Å². The molecule has 0 aliphatic heterocycles. The molecule has 7 heteroatoms. The number of hydrogen-bond donors (Lipinski definition) is 1. The Bertz CT molecular complexity index is 910. The lowest BCUT2D eigenvalue weighted by atomic mass is 10.1. The molecule has 0 fully saturated rings. The van der Waals surface area contributed by atoms with Crippen LogP contribution in [0.5, 0.6) is 5.75 Å². The van der Waals surface area contributed by atoms with Gasteiger partial charge in [0.15, 0.2) is 6.61 Å². The van der Waals surface area contributed by atoms with Crippen LogP contribution < -0.4 is 10.1 Å². The van der Waals surface area contributed by atoms with Crippen LogP contribution >= 0.6 is 15.9 Å². The molecule has 0 aliphatic carbocycles. The number of nitrogens with zero attached hydrogens (tertiary/aromatic N) is 2. The van der Waals surface area contributed by atoms with Crippen molar-refractivity contribution in [1.29, 1.82) is 0 Å². The summed E-state index contributed by atoms with van der Waals surface area (Å²) < 4.78 is 11.6. The zero-order chi connectivity index (χ0) is 18.5. The fourth-order valence-electron chi connectivity index (χ4n) is 2.50. The van der Waals surface area contributed by atoms with Gasteiger partial charge in [-0.3, -0.25) is 4.79 Å². The van der Waals surface area contributed by atoms with Crippen molar-refractivity contribution >= 4 is 21.8 Å². The largest absolute Gasteiger partial charge is 0.485 e. The molecule has 1 amide bonds. The quantitative estimate of drug-likeness (QED) is 0.652. The van der Waals surface area contributed by atoms with Crippen LogP contribution in [0.15, 0.2) is 57.5 Å². The van der Waals surface area contributed by atoms with Crippen LogP contribution in [-0.2, 0) is 6.61 Å². The first-order valence-corrected chi connectivity index (χ1v) is 8.90. The molecule has 0 saturated carbocycles. The van der Waals surface area contributed by atoms with E-state index in [-0.39, 0.29) is 18.6 Å². The first kappa shape index (κ1) is 18.1. The Balaban J connectivity index is 1.72. The van der Waals surface area contributed by atoms with Crippen molar-refractivity contribution in [2.24, 2.45) is 0 Å². The SMILES string of the molecule is Cc1nc(COc2ccccc2C(=O)N[C@H](C)c2ccccc2Br)no1. The molecule has 1 aromatic heterocycles. The summed E-state index contributed by atoms with van der Waals surface area (Å²) in [6, 6.07) is 14.7. The Morgan fingerprint density at radius 1 is 1.23 bits per heavy atom. The molecule has 3 aromatic rings. The van der Waals surface area contributed by atoms with E-state index in [1.807, 2.05) is 37.3 Å². The minimum absolute atomic E-state index is 0.126. The van der Waals surface area contributed by atoms with E-state index in [4.69, 9.17) is 9.26 Å². The summed E-state index contributed by atoms with van der Waals surface area (Å²) in [6.07, 6.45) is 0. The maximum Gasteiger partial charge on any atom is 0.255 e. The summed E-state index contributed by atoms with van der Waals surface area (Å²) in [7, 11) is 0. The monoisotopic (exact) mass is 415 g/mol. The summed E-state index contributed by atoms with van der Waals surface area (Å²) in [4.78, 5) is 16.8. The molecule has 1 atom stereocenters. The molecule has 0 saturated heterocycles. The summed E-state index contributed by atoms with van der Waals surface area (Å²) in [5.74, 6) is 1.15. The average Bonchev–Trinajstić information content (AvgIpc) is 3.05. The summed E-state index contributed by atoms with van der Waals surface area (Å²) in [5, 5.41) is 6.78. The molecule has 26 heavy (non-hydrogen) atoms. The Morgan fingerprint density at radius 2 is 1.96 bits per heavy atom. The lowest BCUT2D eigenvalue weighted by Crippen LogP contribution is -2.27. The van der Waals surface area contributed by atoms with Crippen molar-refractivity contribution in [3.63, 3.8) is 0 Å². The third-order valence-electron chi connectivity index (χ3n) is 3.78. The number of ether oxygens (including phenoxy) is 1.